The van der Waals surface area contributed by atoms with E-state index < -0.39 is 23.5 Å². The molecular weight excluding hydrogens is 371 g/mol. The third-order valence-electron chi connectivity index (χ3n) is 4.41. The molecule has 1 aliphatic rings. The second-order valence-corrected chi connectivity index (χ2v) is 7.27. The van der Waals surface area contributed by atoms with Crippen LogP contribution in [0.15, 0.2) is 28.7 Å². The minimum atomic E-state index is -4.40. The van der Waals surface area contributed by atoms with E-state index in [0.29, 0.717) is 19.3 Å². The van der Waals surface area contributed by atoms with E-state index in [4.69, 9.17) is 0 Å². The molecule has 1 aliphatic carbocycles. The van der Waals surface area contributed by atoms with Crippen LogP contribution in [0.5, 0.6) is 0 Å². The van der Waals surface area contributed by atoms with Crippen LogP contribution in [0, 0.1) is 5.92 Å². The van der Waals surface area contributed by atoms with Crippen LogP contribution in [0.25, 0.3) is 0 Å². The molecule has 128 valence electrons. The number of amides is 1. The van der Waals surface area contributed by atoms with Crippen LogP contribution in [-0.2, 0) is 11.2 Å². The van der Waals surface area contributed by atoms with E-state index in [9.17, 15) is 18.0 Å². The summed E-state index contributed by atoms with van der Waals surface area (Å²) in [6, 6.07) is 7.90. The van der Waals surface area contributed by atoms with E-state index >= 15 is 0 Å². The second-order valence-electron chi connectivity index (χ2n) is 6.36. The number of halogens is 4. The highest BCUT2D eigenvalue weighted by Gasteiger charge is 2.59. The minimum absolute atomic E-state index is 0.134. The molecule has 0 spiro atoms. The first-order valence-electron chi connectivity index (χ1n) is 7.84. The predicted octanol–water partition coefficient (Wildman–Crippen LogP) is 5.01. The molecule has 0 radical (unpaired) electrons. The molecule has 1 aromatic rings. The zero-order chi connectivity index (χ0) is 17.1. The van der Waals surface area contributed by atoms with Crippen LogP contribution in [-0.4, -0.2) is 17.6 Å². The van der Waals surface area contributed by atoms with Gasteiger partial charge in [0, 0.05) is 10.9 Å². The summed E-state index contributed by atoms with van der Waals surface area (Å²) in [4.78, 5) is 11.9. The molecule has 0 bridgehead atoms. The zero-order valence-corrected chi connectivity index (χ0v) is 14.6. The van der Waals surface area contributed by atoms with E-state index in [1.54, 1.807) is 0 Å². The number of carbonyl (C=O) groups excluding carboxylic acids is 1. The number of aryl methyl sites for hydroxylation is 1. The first-order valence-corrected chi connectivity index (χ1v) is 8.64. The molecule has 1 saturated carbocycles. The molecule has 1 fully saturated rings. The van der Waals surface area contributed by atoms with Crippen molar-refractivity contribution in [1.29, 1.82) is 0 Å². The predicted molar refractivity (Wildman–Crippen MR) is 87.0 cm³/mol. The van der Waals surface area contributed by atoms with E-state index in [0.717, 1.165) is 29.8 Å². The summed E-state index contributed by atoms with van der Waals surface area (Å²) in [5, 5.41) is 2.23. The van der Waals surface area contributed by atoms with Gasteiger partial charge < -0.3 is 5.32 Å². The fourth-order valence-corrected chi connectivity index (χ4v) is 2.95. The molecule has 0 aliphatic heterocycles. The topological polar surface area (TPSA) is 29.1 Å². The molecule has 23 heavy (non-hydrogen) atoms. The van der Waals surface area contributed by atoms with Gasteiger partial charge in [0.1, 0.15) is 5.54 Å². The van der Waals surface area contributed by atoms with Gasteiger partial charge in [-0.15, -0.1) is 0 Å². The third kappa shape index (κ3) is 4.96. The summed E-state index contributed by atoms with van der Waals surface area (Å²) < 4.78 is 40.5. The number of rotatable bonds is 7. The van der Waals surface area contributed by atoms with Crippen molar-refractivity contribution in [2.45, 2.75) is 57.2 Å². The van der Waals surface area contributed by atoms with E-state index in [2.05, 4.69) is 21.2 Å². The minimum Gasteiger partial charge on any atom is -0.342 e. The van der Waals surface area contributed by atoms with E-state index in [1.807, 2.05) is 24.3 Å². The van der Waals surface area contributed by atoms with Crippen molar-refractivity contribution in [2.24, 2.45) is 5.92 Å². The number of hydrogen-bond donors (Lipinski definition) is 1. The molecule has 6 heteroatoms. The van der Waals surface area contributed by atoms with Crippen molar-refractivity contribution in [3.05, 3.63) is 34.3 Å². The van der Waals surface area contributed by atoms with Crippen molar-refractivity contribution in [2.75, 3.05) is 0 Å². The summed E-state index contributed by atoms with van der Waals surface area (Å²) >= 11 is 3.36. The van der Waals surface area contributed by atoms with Gasteiger partial charge in [0.2, 0.25) is 5.91 Å². The second kappa shape index (κ2) is 7.24. The Morgan fingerprint density at radius 1 is 1.22 bits per heavy atom. The van der Waals surface area contributed by atoms with Gasteiger partial charge in [0.25, 0.3) is 0 Å². The summed E-state index contributed by atoms with van der Waals surface area (Å²) in [6.07, 6.45) is -1.03. The summed E-state index contributed by atoms with van der Waals surface area (Å²) in [7, 11) is 0. The number of carbonyl (C=O) groups is 1. The van der Waals surface area contributed by atoms with Gasteiger partial charge in [-0.25, -0.2) is 0 Å². The van der Waals surface area contributed by atoms with Crippen molar-refractivity contribution >= 4 is 21.8 Å². The Morgan fingerprint density at radius 2 is 1.83 bits per heavy atom. The Kier molecular flexibility index (Phi) is 5.76. The fraction of sp³-hybridized carbons (Fsp3) is 0.588. The lowest BCUT2D eigenvalue weighted by Crippen LogP contribution is -2.58. The molecule has 0 heterocycles. The smallest absolute Gasteiger partial charge is 0.342 e. The van der Waals surface area contributed by atoms with E-state index in [1.165, 1.54) is 0 Å². The highest BCUT2D eigenvalue weighted by Crippen LogP contribution is 2.48. The van der Waals surface area contributed by atoms with Crippen molar-refractivity contribution in [3.63, 3.8) is 0 Å². The van der Waals surface area contributed by atoms with Gasteiger partial charge in [-0.1, -0.05) is 28.1 Å². The van der Waals surface area contributed by atoms with Crippen molar-refractivity contribution in [3.8, 4) is 0 Å². The average Bonchev–Trinajstić information content (AvgIpc) is 3.29. The quantitative estimate of drug-likeness (QED) is 0.650. The maximum Gasteiger partial charge on any atom is 0.411 e. The molecule has 0 saturated heterocycles. The molecule has 1 atom stereocenters. The van der Waals surface area contributed by atoms with Gasteiger partial charge in [0.15, 0.2) is 0 Å². The highest BCUT2D eigenvalue weighted by atomic mass is 79.9. The fourth-order valence-electron chi connectivity index (χ4n) is 2.68. The van der Waals surface area contributed by atoms with Crippen molar-refractivity contribution < 1.29 is 18.0 Å². The Hall–Kier alpha value is -1.04. The average molecular weight is 392 g/mol. The highest BCUT2D eigenvalue weighted by molar-refractivity contribution is 9.10. The van der Waals surface area contributed by atoms with Crippen LogP contribution in [0.2, 0.25) is 0 Å². The number of nitrogens with one attached hydrogen (secondary N) is 1. The number of hydrogen-bond acceptors (Lipinski definition) is 1. The normalized spacial score (nSPS) is 17.6. The molecular formula is C17H21BrF3NO. The van der Waals surface area contributed by atoms with Crippen LogP contribution < -0.4 is 5.32 Å². The maximum absolute atomic E-state index is 13.2. The molecule has 1 aromatic carbocycles. The lowest BCUT2D eigenvalue weighted by molar-refractivity contribution is -0.199. The molecule has 1 N–H and O–H groups in total. The standard InChI is InChI=1S/C17H21BrF3NO/c1-16(13-8-9-13,17(19,20)21)22-15(23)5-3-2-4-12-6-10-14(18)11-7-12/h6-7,10-11,13H,2-5,8-9H2,1H3,(H,22,23). The summed E-state index contributed by atoms with van der Waals surface area (Å²) in [5.74, 6) is -0.984. The molecule has 0 aromatic heterocycles. The number of alkyl halides is 3. The monoisotopic (exact) mass is 391 g/mol. The molecule has 1 amide bonds. The van der Waals surface area contributed by atoms with Crippen LogP contribution in [0.3, 0.4) is 0 Å². The summed E-state index contributed by atoms with van der Waals surface area (Å²) in [6.45, 7) is 1.10. The Bertz CT molecular complexity index is 540. The first kappa shape index (κ1) is 18.3. The number of benzene rings is 1. The molecule has 2 rings (SSSR count). The SMILES string of the molecule is CC(NC(=O)CCCCc1ccc(Br)cc1)(C1CC1)C(F)(F)F. The first-order chi connectivity index (χ1) is 10.7. The van der Waals surface area contributed by atoms with Crippen LogP contribution in [0.1, 0.15) is 44.6 Å². The van der Waals surface area contributed by atoms with Gasteiger partial charge in [0.05, 0.1) is 0 Å². The van der Waals surface area contributed by atoms with Gasteiger partial charge >= 0.3 is 6.18 Å². The Labute approximate surface area is 143 Å². The Morgan fingerprint density at radius 3 is 2.35 bits per heavy atom. The maximum atomic E-state index is 13.2. The van der Waals surface area contributed by atoms with Crippen LogP contribution in [0.4, 0.5) is 13.2 Å². The van der Waals surface area contributed by atoms with Crippen LogP contribution >= 0.6 is 15.9 Å². The third-order valence-corrected chi connectivity index (χ3v) is 4.94. The van der Waals surface area contributed by atoms with Gasteiger partial charge in [-0.2, -0.15) is 13.2 Å². The largest absolute Gasteiger partial charge is 0.411 e. The lowest BCUT2D eigenvalue weighted by atomic mass is 9.94. The van der Waals surface area contributed by atoms with E-state index in [-0.39, 0.29) is 6.42 Å². The zero-order valence-electron chi connectivity index (χ0n) is 13.0. The van der Waals surface area contributed by atoms with Gasteiger partial charge in [-0.05, 0) is 62.6 Å². The lowest BCUT2D eigenvalue weighted by Gasteiger charge is -2.33. The Balaban J connectivity index is 1.75. The molecule has 1 unspecified atom stereocenters. The van der Waals surface area contributed by atoms with Gasteiger partial charge in [-0.3, -0.25) is 4.79 Å². The summed E-state index contributed by atoms with van der Waals surface area (Å²) in [5.41, 5.74) is -0.915. The molecule has 2 nitrogen and oxygen atoms in total. The van der Waals surface area contributed by atoms with Crippen molar-refractivity contribution in [1.82, 2.24) is 5.32 Å². The number of unbranched alkanes of at least 4 members (excludes halogenated alkanes) is 1.